The average Bonchev–Trinajstić information content (AvgIpc) is 2.47. The first-order chi connectivity index (χ1) is 10.4. The van der Waals surface area contributed by atoms with Crippen LogP contribution in [-0.4, -0.2) is 35.2 Å². The molecule has 0 aliphatic carbocycles. The molecule has 2 rings (SSSR count). The summed E-state index contributed by atoms with van der Waals surface area (Å²) >= 11 is 6.10. The van der Waals surface area contributed by atoms with E-state index in [0.29, 0.717) is 23.1 Å². The van der Waals surface area contributed by atoms with E-state index in [-0.39, 0.29) is 29.2 Å². The van der Waals surface area contributed by atoms with Gasteiger partial charge in [-0.15, -0.1) is 0 Å². The van der Waals surface area contributed by atoms with Gasteiger partial charge in [-0.25, -0.2) is 4.98 Å². The molecule has 1 heterocycles. The summed E-state index contributed by atoms with van der Waals surface area (Å²) in [5, 5.41) is 14.0. The first-order valence-corrected chi connectivity index (χ1v) is 7.29. The van der Waals surface area contributed by atoms with E-state index in [1.165, 1.54) is 0 Å². The number of hydrogen-bond donors (Lipinski definition) is 3. The highest BCUT2D eigenvalue weighted by molar-refractivity contribution is 6.35. The minimum atomic E-state index is -0.526. The molecule has 0 aliphatic heterocycles. The topological polar surface area (TPSA) is 97.5 Å². The number of carbonyl (C=O) groups excluding carboxylic acids is 1. The number of aromatic nitrogens is 1. The molecule has 2 aromatic rings. The quantitative estimate of drug-likeness (QED) is 0.732. The van der Waals surface area contributed by atoms with Gasteiger partial charge in [0.1, 0.15) is 10.9 Å². The van der Waals surface area contributed by atoms with Crippen molar-refractivity contribution >= 4 is 28.3 Å². The molecule has 1 aromatic carbocycles. The monoisotopic (exact) mass is 323 g/mol. The van der Waals surface area contributed by atoms with Crippen LogP contribution in [-0.2, 0) is 0 Å². The number of halogens is 1. The van der Waals surface area contributed by atoms with E-state index in [9.17, 15) is 9.90 Å². The SMILES string of the molecule is CC(C)Oc1ccc2c(Cl)nc(C(=O)NCCN)c(O)c2c1. The summed E-state index contributed by atoms with van der Waals surface area (Å²) in [5.74, 6) is -0.182. The Hall–Kier alpha value is -2.05. The smallest absolute Gasteiger partial charge is 0.273 e. The highest BCUT2D eigenvalue weighted by atomic mass is 35.5. The molecule has 0 saturated carbocycles. The van der Waals surface area contributed by atoms with Crippen LogP contribution in [0.3, 0.4) is 0 Å². The maximum atomic E-state index is 12.0. The highest BCUT2D eigenvalue weighted by Gasteiger charge is 2.18. The van der Waals surface area contributed by atoms with Crippen molar-refractivity contribution < 1.29 is 14.6 Å². The van der Waals surface area contributed by atoms with Crippen molar-refractivity contribution in [3.8, 4) is 11.5 Å². The fourth-order valence-electron chi connectivity index (χ4n) is 2.01. The summed E-state index contributed by atoms with van der Waals surface area (Å²) < 4.78 is 5.59. The molecule has 22 heavy (non-hydrogen) atoms. The van der Waals surface area contributed by atoms with E-state index >= 15 is 0 Å². The van der Waals surface area contributed by atoms with Gasteiger partial charge in [0.05, 0.1) is 6.10 Å². The van der Waals surface area contributed by atoms with Gasteiger partial charge in [-0.05, 0) is 32.0 Å². The number of pyridine rings is 1. The Morgan fingerprint density at radius 3 is 2.82 bits per heavy atom. The van der Waals surface area contributed by atoms with Crippen molar-refractivity contribution in [2.75, 3.05) is 13.1 Å². The lowest BCUT2D eigenvalue weighted by atomic mass is 10.1. The molecule has 0 atom stereocenters. The molecule has 1 aromatic heterocycles. The number of amides is 1. The third-order valence-corrected chi connectivity index (χ3v) is 3.21. The number of fused-ring (bicyclic) bond motifs is 1. The molecule has 0 bridgehead atoms. The summed E-state index contributed by atoms with van der Waals surface area (Å²) in [6, 6.07) is 5.07. The van der Waals surface area contributed by atoms with Crippen molar-refractivity contribution in [2.24, 2.45) is 5.73 Å². The minimum Gasteiger partial charge on any atom is -0.505 e. The van der Waals surface area contributed by atoms with Gasteiger partial charge in [0, 0.05) is 23.9 Å². The second-order valence-corrected chi connectivity index (χ2v) is 5.38. The third-order valence-electron chi connectivity index (χ3n) is 2.92. The molecule has 0 unspecified atom stereocenters. The Morgan fingerprint density at radius 1 is 1.45 bits per heavy atom. The molecule has 0 radical (unpaired) electrons. The molecule has 0 aliphatic rings. The molecule has 118 valence electrons. The van der Waals surface area contributed by atoms with Crippen LogP contribution in [0.5, 0.6) is 11.5 Å². The summed E-state index contributed by atoms with van der Waals surface area (Å²) in [5.41, 5.74) is 5.21. The fraction of sp³-hybridized carbons (Fsp3) is 0.333. The number of rotatable bonds is 5. The summed E-state index contributed by atoms with van der Waals surface area (Å²) in [7, 11) is 0. The van der Waals surface area contributed by atoms with Crippen molar-refractivity contribution in [2.45, 2.75) is 20.0 Å². The maximum absolute atomic E-state index is 12.0. The lowest BCUT2D eigenvalue weighted by Crippen LogP contribution is -2.29. The van der Waals surface area contributed by atoms with Gasteiger partial charge in [0.15, 0.2) is 11.4 Å². The zero-order valence-corrected chi connectivity index (χ0v) is 13.1. The molecular formula is C15H18ClN3O3. The van der Waals surface area contributed by atoms with Crippen LogP contribution in [0.4, 0.5) is 0 Å². The van der Waals surface area contributed by atoms with Crippen LogP contribution >= 0.6 is 11.6 Å². The Morgan fingerprint density at radius 2 is 2.18 bits per heavy atom. The van der Waals surface area contributed by atoms with Crippen LogP contribution in [0.15, 0.2) is 18.2 Å². The molecule has 0 fully saturated rings. The van der Waals surface area contributed by atoms with Gasteiger partial charge in [0.25, 0.3) is 5.91 Å². The fourth-order valence-corrected chi connectivity index (χ4v) is 2.26. The van der Waals surface area contributed by atoms with Crippen LogP contribution in [0.2, 0.25) is 5.15 Å². The van der Waals surface area contributed by atoms with Gasteiger partial charge in [0.2, 0.25) is 0 Å². The zero-order chi connectivity index (χ0) is 16.3. The Bertz CT molecular complexity index is 704. The largest absolute Gasteiger partial charge is 0.505 e. The summed E-state index contributed by atoms with van der Waals surface area (Å²) in [6.07, 6.45) is -0.00998. The first-order valence-electron chi connectivity index (χ1n) is 6.91. The van der Waals surface area contributed by atoms with E-state index < -0.39 is 5.91 Å². The van der Waals surface area contributed by atoms with E-state index in [0.717, 1.165) is 0 Å². The molecule has 0 saturated heterocycles. The van der Waals surface area contributed by atoms with Crippen molar-refractivity contribution in [1.82, 2.24) is 10.3 Å². The molecular weight excluding hydrogens is 306 g/mol. The molecule has 1 amide bonds. The van der Waals surface area contributed by atoms with Gasteiger partial charge in [-0.1, -0.05) is 11.6 Å². The molecule has 4 N–H and O–H groups in total. The van der Waals surface area contributed by atoms with Gasteiger partial charge in [-0.3, -0.25) is 4.79 Å². The standard InChI is InChI=1S/C15H18ClN3O3/c1-8(2)22-9-3-4-10-11(7-9)13(20)12(19-14(10)16)15(21)18-6-5-17/h3-4,7-8,20H,5-6,17H2,1-2H3,(H,18,21). The van der Waals surface area contributed by atoms with E-state index in [1.807, 2.05) is 13.8 Å². The lowest BCUT2D eigenvalue weighted by molar-refractivity contribution is 0.0947. The molecule has 0 spiro atoms. The highest BCUT2D eigenvalue weighted by Crippen LogP contribution is 2.34. The summed E-state index contributed by atoms with van der Waals surface area (Å²) in [4.78, 5) is 16.0. The average molecular weight is 324 g/mol. The van der Waals surface area contributed by atoms with E-state index in [4.69, 9.17) is 22.1 Å². The zero-order valence-electron chi connectivity index (χ0n) is 12.4. The Balaban J connectivity index is 2.51. The third kappa shape index (κ3) is 3.40. The number of nitrogens with zero attached hydrogens (tertiary/aromatic N) is 1. The summed E-state index contributed by atoms with van der Waals surface area (Å²) in [6.45, 7) is 4.37. The van der Waals surface area contributed by atoms with E-state index in [1.54, 1.807) is 18.2 Å². The van der Waals surface area contributed by atoms with Gasteiger partial charge in [-0.2, -0.15) is 0 Å². The van der Waals surface area contributed by atoms with Crippen LogP contribution in [0, 0.1) is 0 Å². The number of nitrogens with two attached hydrogens (primary N) is 1. The predicted molar refractivity (Wildman–Crippen MR) is 85.6 cm³/mol. The Kier molecular flexibility index (Phi) is 5.05. The first kappa shape index (κ1) is 16.3. The molecule has 7 heteroatoms. The lowest BCUT2D eigenvalue weighted by Gasteiger charge is -2.13. The Labute approximate surface area is 133 Å². The normalized spacial score (nSPS) is 11.0. The predicted octanol–water partition coefficient (Wildman–Crippen LogP) is 2.07. The number of nitrogens with one attached hydrogen (secondary N) is 1. The number of benzene rings is 1. The van der Waals surface area contributed by atoms with Crippen molar-refractivity contribution in [1.29, 1.82) is 0 Å². The van der Waals surface area contributed by atoms with Crippen molar-refractivity contribution in [3.05, 3.63) is 29.0 Å². The van der Waals surface area contributed by atoms with Crippen molar-refractivity contribution in [3.63, 3.8) is 0 Å². The maximum Gasteiger partial charge on any atom is 0.273 e. The number of aromatic hydroxyl groups is 1. The van der Waals surface area contributed by atoms with Crippen LogP contribution in [0.25, 0.3) is 10.8 Å². The number of ether oxygens (including phenoxy) is 1. The van der Waals surface area contributed by atoms with Gasteiger partial charge < -0.3 is 20.9 Å². The van der Waals surface area contributed by atoms with Crippen LogP contribution in [0.1, 0.15) is 24.3 Å². The second kappa shape index (κ2) is 6.81. The second-order valence-electron chi connectivity index (χ2n) is 5.02. The number of hydrogen-bond acceptors (Lipinski definition) is 5. The molecule has 6 nitrogen and oxygen atoms in total. The van der Waals surface area contributed by atoms with Crippen LogP contribution < -0.4 is 15.8 Å². The minimum absolute atomic E-state index is 0.00998. The van der Waals surface area contributed by atoms with E-state index in [2.05, 4.69) is 10.3 Å². The van der Waals surface area contributed by atoms with Gasteiger partial charge >= 0.3 is 0 Å². The number of carbonyl (C=O) groups is 1.